The molecule has 1 radical (unpaired) electrons. The highest BCUT2D eigenvalue weighted by Gasteiger charge is 1.74. The minimum absolute atomic E-state index is 0. The molecular weight excluding hydrogens is 164 g/mol. The lowest BCUT2D eigenvalue weighted by molar-refractivity contribution is 0.771. The Morgan fingerprint density at radius 3 is 2.00 bits per heavy atom. The second-order valence-corrected chi connectivity index (χ2v) is 2.27. The molecule has 0 rings (SSSR count). The molecule has 0 aliphatic rings. The third kappa shape index (κ3) is 11.1. The maximum Gasteiger partial charge on any atom is 0.222 e. The van der Waals surface area contributed by atoms with Crippen molar-refractivity contribution < 1.29 is 0 Å². The van der Waals surface area contributed by atoms with Gasteiger partial charge in [-0.3, -0.25) is 0 Å². The zero-order chi connectivity index (χ0) is 4.83. The third-order valence-electron chi connectivity index (χ3n) is 0.854. The Bertz CT molecular complexity index is 20.0. The molecule has 0 amide bonds. The van der Waals surface area contributed by atoms with E-state index in [-0.39, 0.29) is 17.0 Å². The van der Waals surface area contributed by atoms with Gasteiger partial charge in [0.2, 0.25) is 21.7 Å². The molecule has 0 bridgehead atoms. The Morgan fingerprint density at radius 1 is 1.29 bits per heavy atom. The summed E-state index contributed by atoms with van der Waals surface area (Å²) in [5.41, 5.74) is 0. The standard InChI is InChI=1S/C5H11.BrH.Mg/c1-3-5-4-2;;/h1,3-5H2,2H3;1H;. The molecule has 0 unspecified atom stereocenters. The summed E-state index contributed by atoms with van der Waals surface area (Å²) < 4.78 is 1.38. The SMILES string of the molecule is Br.CCCC[CH2][Mg]. The first-order valence-corrected chi connectivity index (χ1v) is 3.71. The molecular formula is C5H12BrMg. The summed E-state index contributed by atoms with van der Waals surface area (Å²) in [6.45, 7) is 2.23. The van der Waals surface area contributed by atoms with E-state index < -0.39 is 0 Å². The van der Waals surface area contributed by atoms with Crippen LogP contribution in [0, 0.1) is 0 Å². The Morgan fingerprint density at radius 2 is 1.86 bits per heavy atom. The van der Waals surface area contributed by atoms with Crippen LogP contribution in [0.25, 0.3) is 0 Å². The number of unbranched alkanes of at least 4 members (excludes halogenated alkanes) is 2. The van der Waals surface area contributed by atoms with E-state index in [0.29, 0.717) is 0 Å². The molecule has 41 valence electrons. The van der Waals surface area contributed by atoms with Crippen LogP contribution in [-0.2, 0) is 0 Å². The van der Waals surface area contributed by atoms with Gasteiger partial charge in [-0.1, -0.05) is 26.2 Å². The molecule has 0 heterocycles. The van der Waals surface area contributed by atoms with E-state index in [1.165, 1.54) is 23.8 Å². The van der Waals surface area contributed by atoms with Crippen LogP contribution in [0.4, 0.5) is 0 Å². The fourth-order valence-corrected chi connectivity index (χ4v) is 0.780. The molecule has 0 atom stereocenters. The van der Waals surface area contributed by atoms with Crippen molar-refractivity contribution in [2.24, 2.45) is 0 Å². The van der Waals surface area contributed by atoms with Gasteiger partial charge < -0.3 is 0 Å². The average molecular weight is 176 g/mol. The number of hydrogen-bond acceptors (Lipinski definition) is 0. The van der Waals surface area contributed by atoms with Crippen molar-refractivity contribution in [2.45, 2.75) is 30.7 Å². The van der Waals surface area contributed by atoms with Gasteiger partial charge in [-0.2, -0.15) is 4.55 Å². The number of halogens is 1. The van der Waals surface area contributed by atoms with Crippen molar-refractivity contribution in [3.05, 3.63) is 0 Å². The number of rotatable bonds is 3. The summed E-state index contributed by atoms with van der Waals surface area (Å²) in [6.07, 6.45) is 4.21. The topological polar surface area (TPSA) is 0 Å². The maximum atomic E-state index is 2.23. The molecule has 0 aromatic carbocycles. The van der Waals surface area contributed by atoms with E-state index in [9.17, 15) is 0 Å². The average Bonchev–Trinajstić information content (AvgIpc) is 1.61. The molecule has 0 aliphatic heterocycles. The lowest BCUT2D eigenvalue weighted by Crippen LogP contribution is -1.69. The molecule has 0 fully saturated rings. The highest BCUT2D eigenvalue weighted by atomic mass is 79.9. The highest BCUT2D eigenvalue weighted by Crippen LogP contribution is 1.94. The molecule has 0 aliphatic carbocycles. The molecule has 0 aromatic rings. The molecule has 0 saturated heterocycles. The van der Waals surface area contributed by atoms with Gasteiger partial charge in [-0.15, -0.1) is 17.0 Å². The van der Waals surface area contributed by atoms with Crippen LogP contribution in [0.3, 0.4) is 0 Å². The first-order chi connectivity index (χ1) is 2.91. The van der Waals surface area contributed by atoms with Crippen LogP contribution in [0.1, 0.15) is 26.2 Å². The van der Waals surface area contributed by atoms with Gasteiger partial charge in [0.1, 0.15) is 0 Å². The number of hydrogen-bond donors (Lipinski definition) is 0. The summed E-state index contributed by atoms with van der Waals surface area (Å²) in [5, 5.41) is 0. The molecule has 2 heteroatoms. The Balaban J connectivity index is 0. The zero-order valence-electron chi connectivity index (χ0n) is 4.94. The quantitative estimate of drug-likeness (QED) is 0.457. The van der Waals surface area contributed by atoms with Crippen molar-refractivity contribution >= 4 is 38.7 Å². The summed E-state index contributed by atoms with van der Waals surface area (Å²) in [4.78, 5) is 0. The van der Waals surface area contributed by atoms with Gasteiger partial charge in [-0.25, -0.2) is 0 Å². The van der Waals surface area contributed by atoms with E-state index in [4.69, 9.17) is 0 Å². The fourth-order valence-electron chi connectivity index (χ4n) is 0.427. The van der Waals surface area contributed by atoms with Gasteiger partial charge in [0.05, 0.1) is 0 Å². The minimum Gasteiger partial charge on any atom is -0.177 e. The maximum absolute atomic E-state index is 2.23. The van der Waals surface area contributed by atoms with Gasteiger partial charge in [0.15, 0.2) is 0 Å². The third-order valence-corrected chi connectivity index (χ3v) is 1.35. The predicted octanol–water partition coefficient (Wildman–Crippen LogP) is 2.34. The van der Waals surface area contributed by atoms with Crippen molar-refractivity contribution in [3.8, 4) is 0 Å². The van der Waals surface area contributed by atoms with E-state index in [1.807, 2.05) is 0 Å². The van der Waals surface area contributed by atoms with Crippen LogP contribution >= 0.6 is 17.0 Å². The first-order valence-electron chi connectivity index (χ1n) is 2.71. The van der Waals surface area contributed by atoms with Crippen LogP contribution in [0.5, 0.6) is 0 Å². The second kappa shape index (κ2) is 10.3. The molecule has 0 spiro atoms. The van der Waals surface area contributed by atoms with Gasteiger partial charge in [-0.05, 0) is 0 Å². The Kier molecular flexibility index (Phi) is 16.3. The van der Waals surface area contributed by atoms with Gasteiger partial charge >= 0.3 is 0 Å². The van der Waals surface area contributed by atoms with Crippen LogP contribution in [-0.4, -0.2) is 21.7 Å². The molecule has 0 saturated carbocycles. The van der Waals surface area contributed by atoms with Crippen molar-refractivity contribution in [1.82, 2.24) is 0 Å². The predicted molar refractivity (Wildman–Crippen MR) is 40.4 cm³/mol. The first kappa shape index (κ1) is 11.1. The minimum atomic E-state index is 0. The van der Waals surface area contributed by atoms with Crippen LogP contribution < -0.4 is 0 Å². The highest BCUT2D eigenvalue weighted by molar-refractivity contribution is 8.93. The van der Waals surface area contributed by atoms with E-state index in [1.54, 1.807) is 0 Å². The molecule has 7 heavy (non-hydrogen) atoms. The Labute approximate surface area is 69.3 Å². The summed E-state index contributed by atoms with van der Waals surface area (Å²) in [6, 6.07) is 0. The Hall–Kier alpha value is 1.25. The lowest BCUT2D eigenvalue weighted by atomic mass is 10.3. The van der Waals surface area contributed by atoms with Gasteiger partial charge in [0, 0.05) is 0 Å². The molecule has 0 aromatic heterocycles. The van der Waals surface area contributed by atoms with Crippen molar-refractivity contribution in [3.63, 3.8) is 0 Å². The van der Waals surface area contributed by atoms with Crippen LogP contribution in [0.2, 0.25) is 4.55 Å². The monoisotopic (exact) mass is 175 g/mol. The van der Waals surface area contributed by atoms with Crippen LogP contribution in [0.15, 0.2) is 0 Å². The van der Waals surface area contributed by atoms with Gasteiger partial charge in [0.25, 0.3) is 0 Å². The second-order valence-electron chi connectivity index (χ2n) is 1.56. The smallest absolute Gasteiger partial charge is 0.177 e. The van der Waals surface area contributed by atoms with E-state index >= 15 is 0 Å². The summed E-state index contributed by atoms with van der Waals surface area (Å²) >= 11 is 2.07. The normalized spacial score (nSPS) is 7.43. The molecule has 0 nitrogen and oxygen atoms in total. The molecule has 0 N–H and O–H groups in total. The lowest BCUT2D eigenvalue weighted by Gasteiger charge is -1.87. The van der Waals surface area contributed by atoms with Crippen molar-refractivity contribution in [1.29, 1.82) is 0 Å². The van der Waals surface area contributed by atoms with Crippen molar-refractivity contribution in [2.75, 3.05) is 0 Å². The summed E-state index contributed by atoms with van der Waals surface area (Å²) in [7, 11) is 0. The van der Waals surface area contributed by atoms with E-state index in [0.717, 1.165) is 0 Å². The fraction of sp³-hybridized carbons (Fsp3) is 1.00. The zero-order valence-corrected chi connectivity index (χ0v) is 8.07. The largest absolute Gasteiger partial charge is 0.222 e. The summed E-state index contributed by atoms with van der Waals surface area (Å²) in [5.74, 6) is 0. The van der Waals surface area contributed by atoms with E-state index in [2.05, 4.69) is 28.6 Å².